The summed E-state index contributed by atoms with van der Waals surface area (Å²) in [6.07, 6.45) is 1.46. The molecule has 1 aromatic carbocycles. The lowest BCUT2D eigenvalue weighted by atomic mass is 10.1. The van der Waals surface area contributed by atoms with Gasteiger partial charge in [0.05, 0.1) is 14.1 Å². The third-order valence-corrected chi connectivity index (χ3v) is 7.21. The standard InChI is InChI=1S/C20H20ClN3O4S2/c1-3-14-15(4-2)23-20(16-9-10-17(21)29-16)24-19(14)22-12-5-7-13(8-6-12)30(27,28)11-18(25)26/h5-10H,3-4,11H2,1-2H3,(H,25,26)(H,22,23,24). The number of hydrogen-bond acceptors (Lipinski definition) is 7. The van der Waals surface area contributed by atoms with Crippen molar-refractivity contribution in [3.8, 4) is 10.7 Å². The summed E-state index contributed by atoms with van der Waals surface area (Å²) in [5.74, 6) is -1.12. The van der Waals surface area contributed by atoms with Crippen molar-refractivity contribution in [1.82, 2.24) is 9.97 Å². The van der Waals surface area contributed by atoms with Crippen molar-refractivity contribution in [3.05, 3.63) is 52.0 Å². The number of carbonyl (C=O) groups is 1. The Labute approximate surface area is 183 Å². The number of aryl methyl sites for hydroxylation is 1. The highest BCUT2D eigenvalue weighted by Crippen LogP contribution is 2.32. The molecule has 2 heterocycles. The molecular formula is C20H20ClN3O4S2. The van der Waals surface area contributed by atoms with Gasteiger partial charge in [-0.15, -0.1) is 11.3 Å². The Morgan fingerprint density at radius 1 is 1.10 bits per heavy atom. The Kier molecular flexibility index (Phi) is 6.74. The van der Waals surface area contributed by atoms with E-state index >= 15 is 0 Å². The maximum atomic E-state index is 12.1. The summed E-state index contributed by atoms with van der Waals surface area (Å²) in [7, 11) is -3.88. The van der Waals surface area contributed by atoms with Crippen molar-refractivity contribution < 1.29 is 18.3 Å². The molecule has 0 saturated heterocycles. The van der Waals surface area contributed by atoms with Gasteiger partial charge in [0.2, 0.25) is 0 Å². The fourth-order valence-electron chi connectivity index (χ4n) is 2.97. The number of carboxylic acids is 1. The van der Waals surface area contributed by atoms with E-state index in [0.29, 0.717) is 21.7 Å². The van der Waals surface area contributed by atoms with Crippen LogP contribution in [0, 0.1) is 0 Å². The molecule has 3 rings (SSSR count). The molecule has 0 radical (unpaired) electrons. The van der Waals surface area contributed by atoms with Crippen LogP contribution in [-0.4, -0.2) is 35.2 Å². The molecule has 0 aliphatic heterocycles. The fraction of sp³-hybridized carbons (Fsp3) is 0.250. The van der Waals surface area contributed by atoms with Gasteiger partial charge < -0.3 is 10.4 Å². The van der Waals surface area contributed by atoms with Gasteiger partial charge in [-0.25, -0.2) is 18.4 Å². The van der Waals surface area contributed by atoms with E-state index in [9.17, 15) is 13.2 Å². The van der Waals surface area contributed by atoms with Crippen LogP contribution in [0.1, 0.15) is 25.1 Å². The lowest BCUT2D eigenvalue weighted by Gasteiger charge is -2.15. The minimum atomic E-state index is -3.88. The number of nitrogens with one attached hydrogen (secondary N) is 1. The van der Waals surface area contributed by atoms with Gasteiger partial charge in [-0.1, -0.05) is 25.4 Å². The second-order valence-electron chi connectivity index (χ2n) is 6.43. The van der Waals surface area contributed by atoms with E-state index in [4.69, 9.17) is 16.7 Å². The van der Waals surface area contributed by atoms with E-state index in [1.54, 1.807) is 18.2 Å². The number of sulfone groups is 1. The SMILES string of the molecule is CCc1nc(-c2ccc(Cl)s2)nc(Nc2ccc(S(=O)(=O)CC(=O)O)cc2)c1CC. The van der Waals surface area contributed by atoms with Gasteiger partial charge in [-0.05, 0) is 49.2 Å². The van der Waals surface area contributed by atoms with Crippen molar-refractivity contribution >= 4 is 50.2 Å². The first kappa shape index (κ1) is 22.2. The molecule has 0 atom stereocenters. The van der Waals surface area contributed by atoms with Gasteiger partial charge in [0.15, 0.2) is 21.4 Å². The number of nitrogens with zero attached hydrogens (tertiary/aromatic N) is 2. The van der Waals surface area contributed by atoms with E-state index in [1.165, 1.54) is 23.5 Å². The quantitative estimate of drug-likeness (QED) is 0.500. The van der Waals surface area contributed by atoms with Crippen molar-refractivity contribution in [2.45, 2.75) is 31.6 Å². The number of thiophene rings is 1. The molecule has 0 fully saturated rings. The Bertz CT molecular complexity index is 1180. The summed E-state index contributed by atoms with van der Waals surface area (Å²) < 4.78 is 24.8. The number of aromatic nitrogens is 2. The molecule has 0 aliphatic rings. The van der Waals surface area contributed by atoms with Crippen molar-refractivity contribution in [2.75, 3.05) is 11.1 Å². The smallest absolute Gasteiger partial charge is 0.319 e. The van der Waals surface area contributed by atoms with Crippen LogP contribution in [0.5, 0.6) is 0 Å². The summed E-state index contributed by atoms with van der Waals surface area (Å²) in [4.78, 5) is 20.9. The number of benzene rings is 1. The molecule has 10 heteroatoms. The van der Waals surface area contributed by atoms with Gasteiger partial charge in [-0.2, -0.15) is 0 Å². The van der Waals surface area contributed by atoms with E-state index in [0.717, 1.165) is 29.0 Å². The Balaban J connectivity index is 1.96. The number of halogens is 1. The molecule has 0 saturated carbocycles. The van der Waals surface area contributed by atoms with Crippen molar-refractivity contribution in [1.29, 1.82) is 0 Å². The minimum Gasteiger partial charge on any atom is -0.480 e. The molecule has 2 aromatic heterocycles. The molecule has 3 aromatic rings. The first-order chi connectivity index (χ1) is 14.2. The van der Waals surface area contributed by atoms with Crippen molar-refractivity contribution in [3.63, 3.8) is 0 Å². The maximum absolute atomic E-state index is 12.1. The van der Waals surface area contributed by atoms with E-state index in [2.05, 4.69) is 15.3 Å². The lowest BCUT2D eigenvalue weighted by molar-refractivity contribution is -0.134. The van der Waals surface area contributed by atoms with Gasteiger partial charge in [0, 0.05) is 16.9 Å². The summed E-state index contributed by atoms with van der Waals surface area (Å²) in [6.45, 7) is 4.05. The molecule has 30 heavy (non-hydrogen) atoms. The molecule has 2 N–H and O–H groups in total. The zero-order valence-electron chi connectivity index (χ0n) is 16.3. The van der Waals surface area contributed by atoms with Crippen LogP contribution in [0.2, 0.25) is 4.34 Å². The number of carboxylic acid groups (broad SMARTS) is 1. The van der Waals surface area contributed by atoms with Gasteiger partial charge in [0.25, 0.3) is 0 Å². The molecule has 7 nitrogen and oxygen atoms in total. The van der Waals surface area contributed by atoms with Crippen LogP contribution < -0.4 is 5.32 Å². The van der Waals surface area contributed by atoms with Crippen LogP contribution in [0.3, 0.4) is 0 Å². The first-order valence-electron chi connectivity index (χ1n) is 9.20. The summed E-state index contributed by atoms with van der Waals surface area (Å²) >= 11 is 7.45. The monoisotopic (exact) mass is 465 g/mol. The van der Waals surface area contributed by atoms with Crippen LogP contribution in [0.4, 0.5) is 11.5 Å². The fourth-order valence-corrected chi connectivity index (χ4v) is 4.99. The Morgan fingerprint density at radius 2 is 1.80 bits per heavy atom. The highest BCUT2D eigenvalue weighted by atomic mass is 35.5. The second-order valence-corrected chi connectivity index (χ2v) is 10.1. The largest absolute Gasteiger partial charge is 0.480 e. The van der Waals surface area contributed by atoms with Gasteiger partial charge in [-0.3, -0.25) is 4.79 Å². The zero-order chi connectivity index (χ0) is 21.9. The summed E-state index contributed by atoms with van der Waals surface area (Å²) in [5.41, 5.74) is 2.54. The minimum absolute atomic E-state index is 0.0444. The van der Waals surface area contributed by atoms with Crippen LogP contribution in [0.25, 0.3) is 10.7 Å². The molecule has 0 spiro atoms. The third-order valence-electron chi connectivity index (χ3n) is 4.36. The lowest BCUT2D eigenvalue weighted by Crippen LogP contribution is -2.15. The van der Waals surface area contributed by atoms with Crippen LogP contribution in [-0.2, 0) is 27.5 Å². The van der Waals surface area contributed by atoms with Gasteiger partial charge >= 0.3 is 5.97 Å². The van der Waals surface area contributed by atoms with E-state index < -0.39 is 21.6 Å². The Morgan fingerprint density at radius 3 is 2.33 bits per heavy atom. The topological polar surface area (TPSA) is 109 Å². The third kappa shape index (κ3) is 4.97. The molecular weight excluding hydrogens is 446 g/mol. The average molecular weight is 466 g/mol. The molecule has 0 aliphatic carbocycles. The molecule has 0 amide bonds. The van der Waals surface area contributed by atoms with Crippen LogP contribution in [0.15, 0.2) is 41.3 Å². The number of anilines is 2. The summed E-state index contributed by atoms with van der Waals surface area (Å²) in [5, 5.41) is 12.0. The highest BCUT2D eigenvalue weighted by molar-refractivity contribution is 7.92. The van der Waals surface area contributed by atoms with Crippen molar-refractivity contribution in [2.24, 2.45) is 0 Å². The normalized spacial score (nSPS) is 11.4. The summed E-state index contributed by atoms with van der Waals surface area (Å²) in [6, 6.07) is 9.61. The molecule has 0 unspecified atom stereocenters. The average Bonchev–Trinajstić information content (AvgIpc) is 3.13. The molecule has 158 valence electrons. The molecule has 0 bridgehead atoms. The van der Waals surface area contributed by atoms with Gasteiger partial charge in [0.1, 0.15) is 5.82 Å². The Hall–Kier alpha value is -2.49. The van der Waals surface area contributed by atoms with E-state index in [-0.39, 0.29) is 4.90 Å². The predicted molar refractivity (Wildman–Crippen MR) is 119 cm³/mol. The number of aliphatic carboxylic acids is 1. The predicted octanol–water partition coefficient (Wildman–Crippen LogP) is 4.59. The van der Waals surface area contributed by atoms with E-state index in [1.807, 2.05) is 19.9 Å². The second kappa shape index (κ2) is 9.11. The van der Waals surface area contributed by atoms with Crippen LogP contribution >= 0.6 is 22.9 Å². The highest BCUT2D eigenvalue weighted by Gasteiger charge is 2.19. The number of hydrogen-bond donors (Lipinski definition) is 2. The zero-order valence-corrected chi connectivity index (χ0v) is 18.7. The first-order valence-corrected chi connectivity index (χ1v) is 12.0. The number of rotatable bonds is 8. The maximum Gasteiger partial charge on any atom is 0.319 e.